The van der Waals surface area contributed by atoms with Crippen LogP contribution in [0.5, 0.6) is 17.2 Å². The molecule has 1 N–H and O–H groups in total. The largest absolute Gasteiger partial charge is 1.00 e. The van der Waals surface area contributed by atoms with Gasteiger partial charge >= 0.3 is 51.4 Å². The van der Waals surface area contributed by atoms with Gasteiger partial charge in [0.05, 0.1) is 0 Å². The minimum Gasteiger partial charge on any atom is -0.872 e. The van der Waals surface area contributed by atoms with E-state index in [1.54, 1.807) is 18.2 Å². The molecular formula is C21H27KO5S. The molecule has 0 fully saturated rings. The number of rotatable bonds is 11. The molecule has 0 unspecified atom stereocenters. The average Bonchev–Trinajstić information content (AvgIpc) is 2.63. The van der Waals surface area contributed by atoms with Crippen molar-refractivity contribution in [2.24, 2.45) is 0 Å². The van der Waals surface area contributed by atoms with Gasteiger partial charge in [-0.3, -0.25) is 4.55 Å². The van der Waals surface area contributed by atoms with Gasteiger partial charge in [0.2, 0.25) is 0 Å². The van der Waals surface area contributed by atoms with Gasteiger partial charge in [0, 0.05) is 5.56 Å². The summed E-state index contributed by atoms with van der Waals surface area (Å²) in [6, 6.07) is 10.5. The molecule has 0 spiro atoms. The van der Waals surface area contributed by atoms with Crippen molar-refractivity contribution in [2.45, 2.75) is 63.2 Å². The summed E-state index contributed by atoms with van der Waals surface area (Å²) < 4.78 is 38.9. The first-order chi connectivity index (χ1) is 12.9. The summed E-state index contributed by atoms with van der Waals surface area (Å²) in [6.07, 6.45) is 8.26. The fraction of sp³-hybridized carbons (Fsp3) is 0.429. The van der Waals surface area contributed by atoms with E-state index in [-0.39, 0.29) is 62.0 Å². The van der Waals surface area contributed by atoms with Crippen LogP contribution in [0.4, 0.5) is 0 Å². The Hall–Kier alpha value is -0.414. The van der Waals surface area contributed by atoms with Gasteiger partial charge in [0.1, 0.15) is 16.4 Å². The van der Waals surface area contributed by atoms with E-state index < -0.39 is 10.1 Å². The van der Waals surface area contributed by atoms with E-state index in [9.17, 15) is 18.1 Å². The summed E-state index contributed by atoms with van der Waals surface area (Å²) in [5.74, 6) is 0.704. The molecule has 0 saturated carbocycles. The Labute approximate surface area is 210 Å². The molecule has 0 aliphatic rings. The molecule has 2 aromatic rings. The zero-order chi connectivity index (χ0) is 19.7. The first-order valence-electron chi connectivity index (χ1n) is 9.46. The molecule has 0 heterocycles. The van der Waals surface area contributed by atoms with Gasteiger partial charge in [-0.05, 0) is 37.1 Å². The van der Waals surface area contributed by atoms with Crippen LogP contribution in [0.15, 0.2) is 47.4 Å². The van der Waals surface area contributed by atoms with Crippen molar-refractivity contribution in [3.8, 4) is 17.2 Å². The first-order valence-corrected chi connectivity index (χ1v) is 10.9. The van der Waals surface area contributed by atoms with Crippen LogP contribution in [0.25, 0.3) is 0 Å². The molecule has 0 aliphatic carbocycles. The summed E-state index contributed by atoms with van der Waals surface area (Å²) in [7, 11) is -4.34. The molecule has 7 heteroatoms. The number of hydrogen-bond acceptors (Lipinski definition) is 4. The Balaban J connectivity index is 0.00000392. The van der Waals surface area contributed by atoms with Gasteiger partial charge < -0.3 is 9.84 Å². The van der Waals surface area contributed by atoms with Crippen molar-refractivity contribution in [3.05, 3.63) is 48.0 Å². The molecular weight excluding hydrogens is 403 g/mol. The molecule has 0 atom stereocenters. The van der Waals surface area contributed by atoms with E-state index in [1.165, 1.54) is 49.9 Å². The number of ether oxygens (including phenoxy) is 1. The average molecular weight is 431 g/mol. The summed E-state index contributed by atoms with van der Waals surface area (Å²) in [4.78, 5) is -0.119. The maximum absolute atomic E-state index is 11.8. The van der Waals surface area contributed by atoms with Crippen molar-refractivity contribution in [3.63, 3.8) is 0 Å². The summed E-state index contributed by atoms with van der Waals surface area (Å²) in [6.45, 7) is 2.18. The molecule has 0 aromatic heterocycles. The van der Waals surface area contributed by atoms with Crippen LogP contribution < -0.4 is 61.2 Å². The van der Waals surface area contributed by atoms with Crippen molar-refractivity contribution < 1.29 is 74.2 Å². The Morgan fingerprint density at radius 3 is 2.14 bits per heavy atom. The van der Waals surface area contributed by atoms with Gasteiger partial charge in [0.25, 0.3) is 10.1 Å². The molecule has 148 valence electrons. The minimum atomic E-state index is -4.34. The fourth-order valence-electron chi connectivity index (χ4n) is 3.02. The monoisotopic (exact) mass is 430 g/mol. The third kappa shape index (κ3) is 8.53. The molecule has 5 nitrogen and oxygen atoms in total. The zero-order valence-corrected chi connectivity index (χ0v) is 20.6. The van der Waals surface area contributed by atoms with E-state index >= 15 is 0 Å². The van der Waals surface area contributed by atoms with Gasteiger partial charge in [-0.25, -0.2) is 0 Å². The van der Waals surface area contributed by atoms with Gasteiger partial charge in [-0.15, -0.1) is 5.75 Å². The fourth-order valence-corrected chi connectivity index (χ4v) is 3.79. The number of unbranched alkanes of at least 4 members (excludes halogenated alkanes) is 6. The predicted molar refractivity (Wildman–Crippen MR) is 104 cm³/mol. The van der Waals surface area contributed by atoms with Crippen molar-refractivity contribution >= 4 is 10.1 Å². The molecule has 0 amide bonds. The Bertz CT molecular complexity index is 819. The van der Waals surface area contributed by atoms with E-state index in [2.05, 4.69) is 6.92 Å². The quantitative estimate of drug-likeness (QED) is 0.335. The molecule has 0 bridgehead atoms. The van der Waals surface area contributed by atoms with Crippen molar-refractivity contribution in [1.82, 2.24) is 0 Å². The second kappa shape index (κ2) is 13.0. The van der Waals surface area contributed by atoms with E-state index in [1.807, 2.05) is 0 Å². The Kier molecular flexibility index (Phi) is 11.9. The standard InChI is InChI=1S/C21H28O5S.K/c1-2-3-4-5-6-7-8-10-19-20(11-9-12-21(19)27(23,24)25)26-18-15-13-17(22)14-16-18;/h9,11-16,22H,2-8,10H2,1H3,(H,23,24,25);/q;+1/p-1. The first kappa shape index (κ1) is 25.6. The van der Waals surface area contributed by atoms with Crippen LogP contribution in [0.1, 0.15) is 57.4 Å². The summed E-state index contributed by atoms with van der Waals surface area (Å²) in [5.41, 5.74) is 0.472. The van der Waals surface area contributed by atoms with E-state index in [4.69, 9.17) is 4.74 Å². The second-order valence-corrected chi connectivity index (χ2v) is 8.04. The van der Waals surface area contributed by atoms with Gasteiger partial charge in [-0.2, -0.15) is 8.42 Å². The Morgan fingerprint density at radius 2 is 1.54 bits per heavy atom. The maximum atomic E-state index is 11.8. The molecule has 28 heavy (non-hydrogen) atoms. The van der Waals surface area contributed by atoms with Crippen LogP contribution in [0.2, 0.25) is 0 Å². The SMILES string of the molecule is CCCCCCCCCc1c(Oc2ccc([O-])cc2)cccc1S(=O)(=O)O.[K+]. The topological polar surface area (TPSA) is 86.7 Å². The minimum absolute atomic E-state index is 0. The third-order valence-corrected chi connectivity index (χ3v) is 5.39. The van der Waals surface area contributed by atoms with Crippen LogP contribution in [-0.4, -0.2) is 13.0 Å². The van der Waals surface area contributed by atoms with Gasteiger partial charge in [-0.1, -0.05) is 63.6 Å². The maximum Gasteiger partial charge on any atom is 1.00 e. The zero-order valence-electron chi connectivity index (χ0n) is 16.7. The molecule has 0 radical (unpaired) electrons. The normalized spacial score (nSPS) is 11.1. The van der Waals surface area contributed by atoms with Crippen LogP contribution in [0.3, 0.4) is 0 Å². The van der Waals surface area contributed by atoms with Crippen molar-refractivity contribution in [1.29, 1.82) is 0 Å². The van der Waals surface area contributed by atoms with Crippen LogP contribution in [0, 0.1) is 0 Å². The number of benzene rings is 2. The summed E-state index contributed by atoms with van der Waals surface area (Å²) in [5, 5.41) is 11.2. The molecule has 0 aliphatic heterocycles. The van der Waals surface area contributed by atoms with Crippen molar-refractivity contribution in [2.75, 3.05) is 0 Å². The predicted octanol–water partition coefficient (Wildman–Crippen LogP) is 2.10. The van der Waals surface area contributed by atoms with E-state index in [0.29, 0.717) is 23.5 Å². The summed E-state index contributed by atoms with van der Waals surface area (Å²) >= 11 is 0. The van der Waals surface area contributed by atoms with E-state index in [0.717, 1.165) is 19.3 Å². The third-order valence-electron chi connectivity index (χ3n) is 4.45. The van der Waals surface area contributed by atoms with Crippen LogP contribution >= 0.6 is 0 Å². The van der Waals surface area contributed by atoms with Crippen LogP contribution in [-0.2, 0) is 16.5 Å². The van der Waals surface area contributed by atoms with Gasteiger partial charge in [0.15, 0.2) is 0 Å². The molecule has 2 aromatic carbocycles. The molecule has 0 saturated heterocycles. The number of hydrogen-bond donors (Lipinski definition) is 1. The Morgan fingerprint density at radius 1 is 0.929 bits per heavy atom. The smallest absolute Gasteiger partial charge is 0.872 e. The second-order valence-electron chi connectivity index (χ2n) is 6.65. The molecule has 2 rings (SSSR count).